The molecule has 0 bridgehead atoms. The van der Waals surface area contributed by atoms with Crippen molar-refractivity contribution in [2.24, 2.45) is 0 Å². The van der Waals surface area contributed by atoms with Gasteiger partial charge in [0.1, 0.15) is 12.8 Å². The lowest BCUT2D eigenvalue weighted by Crippen LogP contribution is -2.27. The van der Waals surface area contributed by atoms with Crippen molar-refractivity contribution >= 4 is 55.1 Å². The summed E-state index contributed by atoms with van der Waals surface area (Å²) in [6.07, 6.45) is 1.70. The summed E-state index contributed by atoms with van der Waals surface area (Å²) < 4.78 is 2.04. The van der Waals surface area contributed by atoms with Crippen molar-refractivity contribution in [2.45, 2.75) is 6.92 Å². The molecule has 0 saturated heterocycles. The van der Waals surface area contributed by atoms with Crippen LogP contribution in [-0.2, 0) is 0 Å². The summed E-state index contributed by atoms with van der Waals surface area (Å²) in [4.78, 5) is 4.73. The normalized spacial score (nSPS) is 11.3. The fraction of sp³-hybridized carbons (Fsp3) is 0.0714. The number of nitrogens with zero attached hydrogens (tertiary/aromatic N) is 4. The average molecular weight is 266 g/mol. The molecule has 0 amide bonds. The third-order valence-corrected chi connectivity index (χ3v) is 3.79. The second-order valence-corrected chi connectivity index (χ2v) is 4.93. The van der Waals surface area contributed by atoms with Gasteiger partial charge in [0.05, 0.1) is 17.2 Å². The van der Waals surface area contributed by atoms with Gasteiger partial charge < -0.3 is 0 Å². The van der Waals surface area contributed by atoms with Crippen LogP contribution in [0.4, 0.5) is 0 Å². The van der Waals surface area contributed by atoms with Gasteiger partial charge in [0.15, 0.2) is 5.65 Å². The van der Waals surface area contributed by atoms with Crippen molar-refractivity contribution in [2.75, 3.05) is 0 Å². The summed E-state index contributed by atoms with van der Waals surface area (Å²) in [6, 6.07) is 9.98. The maximum Gasteiger partial charge on any atom is 0.169 e. The average Bonchev–Trinajstić information content (AvgIpc) is 2.91. The number of fused-ring (bicyclic) bond motifs is 5. The highest BCUT2D eigenvalue weighted by Crippen LogP contribution is 2.22. The minimum atomic E-state index is 0.813. The van der Waals surface area contributed by atoms with Gasteiger partial charge in [-0.25, -0.2) is 4.98 Å². The molecule has 0 N–H and O–H groups in total. The quantitative estimate of drug-likeness (QED) is 0.503. The van der Waals surface area contributed by atoms with E-state index in [4.69, 9.17) is 12.7 Å². The molecule has 0 unspecified atom stereocenters. The molecule has 0 fully saturated rings. The van der Waals surface area contributed by atoms with Gasteiger partial charge in [-0.15, -0.1) is 5.10 Å². The monoisotopic (exact) mass is 266 g/mol. The summed E-state index contributed by atoms with van der Waals surface area (Å²) in [7, 11) is 9.04. The van der Waals surface area contributed by atoms with Crippen molar-refractivity contribution in [3.63, 3.8) is 0 Å². The number of imidazole rings is 1. The molecule has 1 aromatic carbocycles. The SMILES string of the molecule is [B][B][B]c1c(C)c2ccnnc2n2c1nc1ccccc12. The first-order chi connectivity index (χ1) is 10.3. The van der Waals surface area contributed by atoms with Crippen LogP contribution >= 0.6 is 0 Å². The van der Waals surface area contributed by atoms with Crippen molar-refractivity contribution < 1.29 is 0 Å². The molecule has 7 heteroatoms. The van der Waals surface area contributed by atoms with Crippen LogP contribution in [0.25, 0.3) is 27.7 Å². The maximum atomic E-state index is 5.61. The lowest BCUT2D eigenvalue weighted by Gasteiger charge is -2.11. The van der Waals surface area contributed by atoms with E-state index < -0.39 is 0 Å². The number of hydrogen-bond acceptors (Lipinski definition) is 3. The van der Waals surface area contributed by atoms with E-state index in [0.29, 0.717) is 0 Å². The molecule has 4 aromatic rings. The Balaban J connectivity index is 2.32. The van der Waals surface area contributed by atoms with Crippen LogP contribution < -0.4 is 5.46 Å². The van der Waals surface area contributed by atoms with E-state index in [-0.39, 0.29) is 0 Å². The van der Waals surface area contributed by atoms with E-state index >= 15 is 0 Å². The van der Waals surface area contributed by atoms with Gasteiger partial charge in [-0.05, 0) is 30.7 Å². The van der Waals surface area contributed by atoms with Crippen molar-refractivity contribution in [1.82, 2.24) is 19.6 Å². The van der Waals surface area contributed by atoms with Crippen LogP contribution in [0.15, 0.2) is 36.5 Å². The summed E-state index contributed by atoms with van der Waals surface area (Å²) in [5.41, 5.74) is 5.72. The molecule has 3 aromatic heterocycles. The molecule has 94 valence electrons. The van der Waals surface area contributed by atoms with Gasteiger partial charge in [0, 0.05) is 20.2 Å². The van der Waals surface area contributed by atoms with Crippen molar-refractivity contribution in [3.05, 3.63) is 42.1 Å². The lowest BCUT2D eigenvalue weighted by atomic mass is 9.26. The first kappa shape index (κ1) is 12.4. The van der Waals surface area contributed by atoms with Crippen LogP contribution in [-0.4, -0.2) is 41.6 Å². The molecule has 21 heavy (non-hydrogen) atoms. The Morgan fingerprint density at radius 1 is 1.14 bits per heavy atom. The Morgan fingerprint density at radius 2 is 2.00 bits per heavy atom. The standard InChI is InChI=1S/C14H9B3N4/c1-8-9-6-7-18-20-13(9)21-11-5-3-2-4-10(11)19-14(21)12(8)16-17-15/h2-7H,1H3. The molecule has 0 aliphatic heterocycles. The van der Waals surface area contributed by atoms with E-state index in [2.05, 4.69) is 17.1 Å². The second-order valence-electron chi connectivity index (χ2n) is 4.93. The smallest absolute Gasteiger partial charge is 0.169 e. The van der Waals surface area contributed by atoms with E-state index in [0.717, 1.165) is 38.7 Å². The number of rotatable bonds is 2. The van der Waals surface area contributed by atoms with Gasteiger partial charge in [0.25, 0.3) is 0 Å². The molecule has 4 radical (unpaired) electrons. The molecule has 0 atom stereocenters. The highest BCUT2D eigenvalue weighted by atomic mass is 15.2. The topological polar surface area (TPSA) is 43.1 Å². The molecule has 3 heterocycles. The van der Waals surface area contributed by atoms with Crippen LogP contribution in [0.5, 0.6) is 0 Å². The number of pyridine rings is 1. The van der Waals surface area contributed by atoms with E-state index in [1.54, 1.807) is 13.3 Å². The molecule has 0 aliphatic rings. The van der Waals surface area contributed by atoms with Gasteiger partial charge in [-0.3, -0.25) is 4.40 Å². The molecular weight excluding hydrogens is 257 g/mol. The predicted octanol–water partition coefficient (Wildman–Crippen LogP) is 0.771. The zero-order valence-corrected chi connectivity index (χ0v) is 11.5. The summed E-state index contributed by atoms with van der Waals surface area (Å²) in [5.74, 6) is 0. The number of aromatic nitrogens is 4. The molecule has 4 rings (SSSR count). The zero-order valence-electron chi connectivity index (χ0n) is 11.5. The molecule has 0 saturated carbocycles. The van der Waals surface area contributed by atoms with Crippen molar-refractivity contribution in [1.29, 1.82) is 0 Å². The van der Waals surface area contributed by atoms with E-state index in [9.17, 15) is 0 Å². The lowest BCUT2D eigenvalue weighted by molar-refractivity contribution is 1.04. The Bertz CT molecular complexity index is 980. The summed E-state index contributed by atoms with van der Waals surface area (Å²) in [5, 5.41) is 9.39. The fourth-order valence-corrected chi connectivity index (χ4v) is 2.81. The Hall–Kier alpha value is -2.30. The van der Waals surface area contributed by atoms with Crippen LogP contribution in [0, 0.1) is 6.92 Å². The number of benzene rings is 1. The molecule has 0 aliphatic carbocycles. The second kappa shape index (κ2) is 4.62. The molecule has 0 spiro atoms. The highest BCUT2D eigenvalue weighted by Gasteiger charge is 2.16. The van der Waals surface area contributed by atoms with Gasteiger partial charge >= 0.3 is 0 Å². The number of hydrogen-bond donors (Lipinski definition) is 0. The first-order valence-electron chi connectivity index (χ1n) is 6.70. The van der Waals surface area contributed by atoms with Crippen LogP contribution in [0.3, 0.4) is 0 Å². The zero-order chi connectivity index (χ0) is 14.4. The predicted molar refractivity (Wildman–Crippen MR) is 87.4 cm³/mol. The Labute approximate surface area is 124 Å². The fourth-order valence-electron chi connectivity index (χ4n) is 2.81. The number of aryl methyl sites for hydroxylation is 1. The van der Waals surface area contributed by atoms with Gasteiger partial charge in [-0.2, -0.15) is 5.10 Å². The summed E-state index contributed by atoms with van der Waals surface area (Å²) >= 11 is 0. The molecule has 4 nitrogen and oxygen atoms in total. The van der Waals surface area contributed by atoms with Crippen molar-refractivity contribution in [3.8, 4) is 0 Å². The minimum absolute atomic E-state index is 0.813. The Kier molecular flexibility index (Phi) is 2.74. The molecular formula is C14H9B3N4. The van der Waals surface area contributed by atoms with Crippen LogP contribution in [0.1, 0.15) is 5.56 Å². The number of para-hydroxylation sites is 2. The van der Waals surface area contributed by atoms with E-state index in [1.165, 1.54) is 0 Å². The summed E-state index contributed by atoms with van der Waals surface area (Å²) in [6.45, 7) is 2.05. The van der Waals surface area contributed by atoms with Gasteiger partial charge in [0.2, 0.25) is 0 Å². The third-order valence-electron chi connectivity index (χ3n) is 3.79. The van der Waals surface area contributed by atoms with Crippen LogP contribution in [0.2, 0.25) is 0 Å². The van der Waals surface area contributed by atoms with Gasteiger partial charge in [-0.1, -0.05) is 17.6 Å². The van der Waals surface area contributed by atoms with E-state index in [1.807, 2.05) is 41.9 Å². The highest BCUT2D eigenvalue weighted by molar-refractivity contribution is 7.28. The first-order valence-corrected chi connectivity index (χ1v) is 6.70. The maximum absolute atomic E-state index is 5.61. The minimum Gasteiger partial charge on any atom is -0.275 e. The Morgan fingerprint density at radius 3 is 2.86 bits per heavy atom. The third kappa shape index (κ3) is 1.70. The largest absolute Gasteiger partial charge is 0.275 e.